The maximum absolute atomic E-state index is 3.79. The number of hydrogen-bond donors (Lipinski definition) is 1. The summed E-state index contributed by atoms with van der Waals surface area (Å²) < 4.78 is 2.41. The fraction of sp³-hybridized carbons (Fsp3) is 0. The van der Waals surface area contributed by atoms with Crippen LogP contribution in [0.1, 0.15) is 0 Å². The van der Waals surface area contributed by atoms with Crippen LogP contribution in [-0.2, 0) is 0 Å². The number of aromatic nitrogens is 2. The van der Waals surface area contributed by atoms with E-state index in [4.69, 9.17) is 0 Å². The number of nitrogens with zero attached hydrogens (tertiary/aromatic N) is 1. The SMILES string of the molecule is c1ccc(-c2ccc(-n3c4ccccc4c4cc(-c5cc6c7ccccc7c7[nH]c8ccccc8c7c6c6ccccc56)ccc43)cc2)cc1. The van der Waals surface area contributed by atoms with Crippen LogP contribution in [0, 0.1) is 0 Å². The lowest BCUT2D eigenvalue weighted by molar-refractivity contribution is 1.18. The Kier molecular flexibility index (Phi) is 5.70. The van der Waals surface area contributed by atoms with Crippen molar-refractivity contribution in [3.63, 3.8) is 0 Å². The highest BCUT2D eigenvalue weighted by Crippen LogP contribution is 2.45. The average Bonchev–Trinajstić information content (AvgIpc) is 3.74. The highest BCUT2D eigenvalue weighted by Gasteiger charge is 2.19. The Morgan fingerprint density at radius 1 is 0.340 bits per heavy atom. The predicted octanol–water partition coefficient (Wildman–Crippen LogP) is 13.2. The van der Waals surface area contributed by atoms with Crippen molar-refractivity contribution in [1.29, 1.82) is 0 Å². The lowest BCUT2D eigenvalue weighted by atomic mass is 9.88. The van der Waals surface area contributed by atoms with Crippen LogP contribution in [0.3, 0.4) is 0 Å². The molecular weight excluding hydrogens is 605 g/mol. The summed E-state index contributed by atoms with van der Waals surface area (Å²) in [6, 6.07) is 64.3. The molecule has 0 saturated carbocycles. The topological polar surface area (TPSA) is 20.7 Å². The zero-order valence-corrected chi connectivity index (χ0v) is 27.2. The minimum absolute atomic E-state index is 1.16. The summed E-state index contributed by atoms with van der Waals surface area (Å²) in [7, 11) is 0. The molecule has 0 bridgehead atoms. The number of hydrogen-bond acceptors (Lipinski definition) is 0. The van der Waals surface area contributed by atoms with Crippen molar-refractivity contribution in [1.82, 2.24) is 9.55 Å². The summed E-state index contributed by atoms with van der Waals surface area (Å²) in [5.74, 6) is 0. The van der Waals surface area contributed by atoms with Gasteiger partial charge >= 0.3 is 0 Å². The van der Waals surface area contributed by atoms with Crippen LogP contribution in [-0.4, -0.2) is 9.55 Å². The molecule has 0 radical (unpaired) electrons. The van der Waals surface area contributed by atoms with Gasteiger partial charge in [0, 0.05) is 43.5 Å². The first-order chi connectivity index (χ1) is 24.8. The molecule has 11 aromatic rings. The second-order valence-corrected chi connectivity index (χ2v) is 13.4. The minimum atomic E-state index is 1.16. The van der Waals surface area contributed by atoms with Crippen molar-refractivity contribution in [3.05, 3.63) is 176 Å². The first-order valence-electron chi connectivity index (χ1n) is 17.3. The van der Waals surface area contributed by atoms with E-state index in [1.807, 2.05) is 0 Å². The zero-order valence-electron chi connectivity index (χ0n) is 27.2. The van der Waals surface area contributed by atoms with Crippen LogP contribution in [0.15, 0.2) is 176 Å². The number of para-hydroxylation sites is 2. The Bertz CT molecular complexity index is 3120. The number of fused-ring (bicyclic) bond motifs is 13. The van der Waals surface area contributed by atoms with Gasteiger partial charge in [-0.2, -0.15) is 0 Å². The molecule has 0 atom stereocenters. The highest BCUT2D eigenvalue weighted by atomic mass is 15.0. The summed E-state index contributed by atoms with van der Waals surface area (Å²) in [5, 5.41) is 12.7. The molecule has 9 aromatic carbocycles. The molecule has 232 valence electrons. The Balaban J connectivity index is 1.18. The van der Waals surface area contributed by atoms with Gasteiger partial charge in [-0.3, -0.25) is 0 Å². The van der Waals surface area contributed by atoms with Crippen molar-refractivity contribution in [2.24, 2.45) is 0 Å². The number of H-pyrrole nitrogens is 1. The third kappa shape index (κ3) is 3.85. The lowest BCUT2D eigenvalue weighted by Gasteiger charge is -2.15. The van der Waals surface area contributed by atoms with E-state index in [1.54, 1.807) is 0 Å². The summed E-state index contributed by atoms with van der Waals surface area (Å²) in [4.78, 5) is 3.79. The predicted molar refractivity (Wildman–Crippen MR) is 214 cm³/mol. The van der Waals surface area contributed by atoms with E-state index in [2.05, 4.69) is 185 Å². The van der Waals surface area contributed by atoms with Crippen LogP contribution in [0.25, 0.3) is 104 Å². The number of aromatic amines is 1. The summed E-state index contributed by atoms with van der Waals surface area (Å²) in [5.41, 5.74) is 10.9. The Hall–Kier alpha value is -6.64. The largest absolute Gasteiger partial charge is 0.354 e. The van der Waals surface area contributed by atoms with Crippen LogP contribution in [0.2, 0.25) is 0 Å². The Morgan fingerprint density at radius 3 is 1.76 bits per heavy atom. The Morgan fingerprint density at radius 2 is 0.940 bits per heavy atom. The highest BCUT2D eigenvalue weighted by molar-refractivity contribution is 6.37. The van der Waals surface area contributed by atoms with Gasteiger partial charge in [0.2, 0.25) is 0 Å². The van der Waals surface area contributed by atoms with Gasteiger partial charge < -0.3 is 9.55 Å². The van der Waals surface area contributed by atoms with Gasteiger partial charge in [0.25, 0.3) is 0 Å². The van der Waals surface area contributed by atoms with Gasteiger partial charge in [0.15, 0.2) is 0 Å². The standard InChI is InChI=1S/C48H30N2/c1-2-12-30(13-3-1)31-22-25-33(26-23-31)50-44-21-11-9-16-36(44)41-28-32(24-27-45(41)50)40-29-42-35-15-5-7-18-38(35)48-47(39-19-8-10-20-43(39)49-48)46(42)37-17-6-4-14-34(37)40/h1-29,49H. The number of nitrogens with one attached hydrogen (secondary N) is 1. The molecule has 0 aliphatic carbocycles. The number of rotatable bonds is 3. The monoisotopic (exact) mass is 634 g/mol. The molecule has 2 nitrogen and oxygen atoms in total. The fourth-order valence-electron chi connectivity index (χ4n) is 8.49. The molecule has 0 spiro atoms. The molecule has 1 N–H and O–H groups in total. The molecule has 0 aliphatic rings. The first kappa shape index (κ1) is 27.3. The molecule has 0 saturated heterocycles. The van der Waals surface area contributed by atoms with Gasteiger partial charge in [-0.05, 0) is 86.3 Å². The van der Waals surface area contributed by atoms with E-state index in [-0.39, 0.29) is 0 Å². The molecule has 50 heavy (non-hydrogen) atoms. The molecule has 2 heteroatoms. The lowest BCUT2D eigenvalue weighted by Crippen LogP contribution is -1.94. The molecule has 2 heterocycles. The van der Waals surface area contributed by atoms with E-state index < -0.39 is 0 Å². The van der Waals surface area contributed by atoms with Crippen molar-refractivity contribution in [2.45, 2.75) is 0 Å². The summed E-state index contributed by atoms with van der Waals surface area (Å²) in [6.07, 6.45) is 0. The average molecular weight is 635 g/mol. The zero-order chi connectivity index (χ0) is 32.8. The van der Waals surface area contributed by atoms with Crippen molar-refractivity contribution >= 4 is 75.9 Å². The van der Waals surface area contributed by atoms with Crippen molar-refractivity contribution in [2.75, 3.05) is 0 Å². The van der Waals surface area contributed by atoms with Gasteiger partial charge in [-0.15, -0.1) is 0 Å². The molecule has 0 fully saturated rings. The van der Waals surface area contributed by atoms with Crippen LogP contribution in [0.4, 0.5) is 0 Å². The summed E-state index contributed by atoms with van der Waals surface area (Å²) in [6.45, 7) is 0. The maximum atomic E-state index is 3.79. The molecule has 0 unspecified atom stereocenters. The van der Waals surface area contributed by atoms with E-state index in [9.17, 15) is 0 Å². The van der Waals surface area contributed by atoms with Crippen LogP contribution < -0.4 is 0 Å². The quantitative estimate of drug-likeness (QED) is 0.187. The molecule has 0 amide bonds. The van der Waals surface area contributed by atoms with E-state index in [0.29, 0.717) is 0 Å². The second-order valence-electron chi connectivity index (χ2n) is 13.4. The molecule has 2 aromatic heterocycles. The van der Waals surface area contributed by atoms with E-state index in [0.717, 1.165) is 5.69 Å². The molecule has 0 aliphatic heterocycles. The maximum Gasteiger partial charge on any atom is 0.0551 e. The van der Waals surface area contributed by atoms with Gasteiger partial charge in [-0.1, -0.05) is 133 Å². The third-order valence-electron chi connectivity index (χ3n) is 10.7. The van der Waals surface area contributed by atoms with Gasteiger partial charge in [0.05, 0.1) is 16.6 Å². The third-order valence-corrected chi connectivity index (χ3v) is 10.7. The summed E-state index contributed by atoms with van der Waals surface area (Å²) >= 11 is 0. The molecule has 11 rings (SSSR count). The second kappa shape index (κ2) is 10.4. The fourth-order valence-corrected chi connectivity index (χ4v) is 8.49. The smallest absolute Gasteiger partial charge is 0.0551 e. The van der Waals surface area contributed by atoms with E-state index >= 15 is 0 Å². The van der Waals surface area contributed by atoms with Crippen molar-refractivity contribution in [3.8, 4) is 27.9 Å². The van der Waals surface area contributed by atoms with Crippen LogP contribution >= 0.6 is 0 Å². The Labute approximate surface area is 288 Å². The van der Waals surface area contributed by atoms with Crippen LogP contribution in [0.5, 0.6) is 0 Å². The van der Waals surface area contributed by atoms with Gasteiger partial charge in [-0.25, -0.2) is 0 Å². The number of benzene rings is 9. The normalized spacial score (nSPS) is 12.0. The van der Waals surface area contributed by atoms with E-state index in [1.165, 1.54) is 98.2 Å². The minimum Gasteiger partial charge on any atom is -0.354 e. The molecular formula is C48H30N2. The first-order valence-corrected chi connectivity index (χ1v) is 17.3. The van der Waals surface area contributed by atoms with Gasteiger partial charge in [0.1, 0.15) is 0 Å². The van der Waals surface area contributed by atoms with Crippen molar-refractivity contribution < 1.29 is 0 Å².